The van der Waals surface area contributed by atoms with Crippen LogP contribution in [-0.4, -0.2) is 63.7 Å². The molecule has 1 fully saturated rings. The Bertz CT molecular complexity index is 1430. The van der Waals surface area contributed by atoms with Gasteiger partial charge in [-0.05, 0) is 24.3 Å². The number of benzene rings is 2. The van der Waals surface area contributed by atoms with Crippen molar-refractivity contribution in [3.05, 3.63) is 76.5 Å². The maximum atomic E-state index is 14.2. The Morgan fingerprint density at radius 1 is 1.11 bits per heavy atom. The number of halogens is 1. The number of nitrogens with zero attached hydrogens (tertiary/aromatic N) is 5. The van der Waals surface area contributed by atoms with Crippen molar-refractivity contribution in [2.45, 2.75) is 6.54 Å². The molecule has 1 saturated heterocycles. The van der Waals surface area contributed by atoms with Crippen molar-refractivity contribution in [3.8, 4) is 16.3 Å². The van der Waals surface area contributed by atoms with Crippen LogP contribution in [-0.2, 0) is 6.54 Å². The first-order valence-corrected chi connectivity index (χ1v) is 11.9. The van der Waals surface area contributed by atoms with Crippen LogP contribution in [0.3, 0.4) is 0 Å². The van der Waals surface area contributed by atoms with Gasteiger partial charge in [0.05, 0.1) is 18.5 Å². The summed E-state index contributed by atoms with van der Waals surface area (Å²) in [6.07, 6.45) is 0. The monoisotopic (exact) mass is 494 g/mol. The fraction of sp³-hybridized carbons (Fsp3) is 0.250. The van der Waals surface area contributed by atoms with E-state index in [2.05, 4.69) is 20.3 Å². The molecule has 2 amide bonds. The predicted molar refractivity (Wildman–Crippen MR) is 131 cm³/mol. The summed E-state index contributed by atoms with van der Waals surface area (Å²) in [6, 6.07) is 14.9. The molecular formula is C24H23FN6O3S. The number of para-hydroxylation sites is 2. The van der Waals surface area contributed by atoms with Gasteiger partial charge in [-0.3, -0.25) is 9.69 Å². The molecular weight excluding hydrogens is 471 g/mol. The molecule has 2 aromatic heterocycles. The molecule has 2 aromatic carbocycles. The van der Waals surface area contributed by atoms with E-state index in [1.807, 2.05) is 12.1 Å². The normalized spacial score (nSPS) is 14.3. The molecule has 4 aromatic rings. The Morgan fingerprint density at radius 2 is 1.86 bits per heavy atom. The van der Waals surface area contributed by atoms with Crippen LogP contribution in [0, 0.1) is 5.82 Å². The molecule has 9 nitrogen and oxygen atoms in total. The van der Waals surface area contributed by atoms with Crippen LogP contribution >= 0.6 is 11.3 Å². The summed E-state index contributed by atoms with van der Waals surface area (Å²) in [6.45, 7) is 2.84. The maximum absolute atomic E-state index is 14.2. The SMILES string of the molecule is COc1ccccc1NC(=O)N1CCN(Cc2cc(=O)n3nc(-c4ccccc4F)sc3n2)CC1. The van der Waals surface area contributed by atoms with Gasteiger partial charge in [-0.2, -0.15) is 9.61 Å². The number of piperazine rings is 1. The van der Waals surface area contributed by atoms with E-state index in [4.69, 9.17) is 4.74 Å². The van der Waals surface area contributed by atoms with Gasteiger partial charge in [-0.25, -0.2) is 14.2 Å². The van der Waals surface area contributed by atoms with E-state index in [9.17, 15) is 14.0 Å². The average Bonchev–Trinajstić information content (AvgIpc) is 3.29. The van der Waals surface area contributed by atoms with Crippen LogP contribution in [0.5, 0.6) is 5.75 Å². The summed E-state index contributed by atoms with van der Waals surface area (Å²) in [4.78, 5) is 34.2. The van der Waals surface area contributed by atoms with Gasteiger partial charge in [0.15, 0.2) is 5.01 Å². The zero-order valence-electron chi connectivity index (χ0n) is 19.0. The molecule has 0 aliphatic carbocycles. The number of methoxy groups -OCH3 is 1. The van der Waals surface area contributed by atoms with Gasteiger partial charge < -0.3 is 15.0 Å². The molecule has 0 saturated carbocycles. The lowest BCUT2D eigenvalue weighted by molar-refractivity contribution is 0.142. The van der Waals surface area contributed by atoms with E-state index in [1.54, 1.807) is 42.3 Å². The van der Waals surface area contributed by atoms with E-state index in [0.717, 1.165) is 0 Å². The standard InChI is InChI=1S/C24H23FN6O3S/c1-34-20-9-5-4-8-19(20)27-23(33)30-12-10-29(11-13-30)15-16-14-21(32)31-24(26-16)35-22(28-31)17-6-2-3-7-18(17)25/h2-9,14H,10-13,15H2,1H3,(H,27,33). The van der Waals surface area contributed by atoms with Crippen molar-refractivity contribution in [2.24, 2.45) is 0 Å². The highest BCUT2D eigenvalue weighted by molar-refractivity contribution is 7.19. The van der Waals surface area contributed by atoms with Crippen molar-refractivity contribution < 1.29 is 13.9 Å². The molecule has 1 N–H and O–H groups in total. The van der Waals surface area contributed by atoms with E-state index in [-0.39, 0.29) is 11.6 Å². The number of ether oxygens (including phenoxy) is 1. The number of aromatic nitrogens is 3. The third kappa shape index (κ3) is 4.86. The highest BCUT2D eigenvalue weighted by atomic mass is 32.1. The van der Waals surface area contributed by atoms with Crippen LogP contribution in [0.2, 0.25) is 0 Å². The summed E-state index contributed by atoms with van der Waals surface area (Å²) in [7, 11) is 1.56. The Morgan fingerprint density at radius 3 is 2.63 bits per heavy atom. The molecule has 0 atom stereocenters. The first kappa shape index (κ1) is 22.9. The summed E-state index contributed by atoms with van der Waals surface area (Å²) in [5.74, 6) is 0.209. The second-order valence-corrected chi connectivity index (χ2v) is 9.02. The smallest absolute Gasteiger partial charge is 0.322 e. The zero-order valence-corrected chi connectivity index (χ0v) is 19.8. The number of carbonyl (C=O) groups is 1. The van der Waals surface area contributed by atoms with Crippen LogP contribution in [0.1, 0.15) is 5.69 Å². The first-order valence-electron chi connectivity index (χ1n) is 11.1. The maximum Gasteiger partial charge on any atom is 0.322 e. The number of anilines is 1. The number of hydrogen-bond donors (Lipinski definition) is 1. The molecule has 35 heavy (non-hydrogen) atoms. The number of fused-ring (bicyclic) bond motifs is 1. The molecule has 5 rings (SSSR count). The fourth-order valence-electron chi connectivity index (χ4n) is 3.96. The number of carbonyl (C=O) groups excluding carboxylic acids is 1. The van der Waals surface area contributed by atoms with Gasteiger partial charge in [0.1, 0.15) is 11.6 Å². The lowest BCUT2D eigenvalue weighted by Gasteiger charge is -2.34. The molecule has 180 valence electrons. The fourth-order valence-corrected chi connectivity index (χ4v) is 4.91. The third-order valence-corrected chi connectivity index (χ3v) is 6.74. The minimum atomic E-state index is -0.396. The van der Waals surface area contributed by atoms with E-state index < -0.39 is 5.82 Å². The molecule has 1 aliphatic rings. The van der Waals surface area contributed by atoms with Gasteiger partial charge in [-0.15, -0.1) is 0 Å². The Balaban J connectivity index is 1.24. The lowest BCUT2D eigenvalue weighted by Crippen LogP contribution is -2.49. The molecule has 0 spiro atoms. The average molecular weight is 495 g/mol. The number of rotatable bonds is 5. The van der Waals surface area contributed by atoms with Crippen molar-refractivity contribution in [3.63, 3.8) is 0 Å². The highest BCUT2D eigenvalue weighted by Crippen LogP contribution is 2.27. The summed E-state index contributed by atoms with van der Waals surface area (Å²) >= 11 is 1.17. The topological polar surface area (TPSA) is 92.1 Å². The third-order valence-electron chi connectivity index (χ3n) is 5.80. The number of urea groups is 1. The van der Waals surface area contributed by atoms with Gasteiger partial charge >= 0.3 is 6.03 Å². The molecule has 0 bridgehead atoms. The molecule has 0 radical (unpaired) electrons. The van der Waals surface area contributed by atoms with Crippen molar-refractivity contribution in [2.75, 3.05) is 38.6 Å². The van der Waals surface area contributed by atoms with Crippen molar-refractivity contribution in [1.82, 2.24) is 24.4 Å². The van der Waals surface area contributed by atoms with Gasteiger partial charge in [0.2, 0.25) is 4.96 Å². The van der Waals surface area contributed by atoms with Crippen LogP contribution in [0.25, 0.3) is 15.5 Å². The minimum absolute atomic E-state index is 0.183. The van der Waals surface area contributed by atoms with Crippen molar-refractivity contribution in [1.29, 1.82) is 0 Å². The minimum Gasteiger partial charge on any atom is -0.495 e. The van der Waals surface area contributed by atoms with E-state index >= 15 is 0 Å². The van der Waals surface area contributed by atoms with E-state index in [1.165, 1.54) is 28.0 Å². The summed E-state index contributed by atoms with van der Waals surface area (Å²) in [5, 5.41) is 7.55. The molecule has 0 unspecified atom stereocenters. The number of amides is 2. The second-order valence-electron chi connectivity index (χ2n) is 8.06. The van der Waals surface area contributed by atoms with Crippen LogP contribution < -0.4 is 15.6 Å². The lowest BCUT2D eigenvalue weighted by atomic mass is 10.2. The van der Waals surface area contributed by atoms with E-state index in [0.29, 0.717) is 65.4 Å². The molecule has 3 heterocycles. The zero-order chi connectivity index (χ0) is 24.4. The Hall–Kier alpha value is -3.83. The largest absolute Gasteiger partial charge is 0.495 e. The predicted octanol–water partition coefficient (Wildman–Crippen LogP) is 3.32. The van der Waals surface area contributed by atoms with Crippen LogP contribution in [0.15, 0.2) is 59.4 Å². The van der Waals surface area contributed by atoms with Crippen LogP contribution in [0.4, 0.5) is 14.9 Å². The Labute approximate surface area is 204 Å². The highest BCUT2D eigenvalue weighted by Gasteiger charge is 2.23. The first-order chi connectivity index (χ1) is 17.0. The number of hydrogen-bond acceptors (Lipinski definition) is 7. The van der Waals surface area contributed by atoms with Gasteiger partial charge in [0, 0.05) is 44.4 Å². The quantitative estimate of drug-likeness (QED) is 0.458. The summed E-state index contributed by atoms with van der Waals surface area (Å²) < 4.78 is 20.7. The second kappa shape index (κ2) is 9.80. The van der Waals surface area contributed by atoms with Crippen molar-refractivity contribution >= 4 is 28.0 Å². The Kier molecular flexibility index (Phi) is 6.43. The number of nitrogens with one attached hydrogen (secondary N) is 1. The van der Waals surface area contributed by atoms with Gasteiger partial charge in [-0.1, -0.05) is 35.6 Å². The van der Waals surface area contributed by atoms with Gasteiger partial charge in [0.25, 0.3) is 5.56 Å². The molecule has 11 heteroatoms. The molecule has 1 aliphatic heterocycles. The summed E-state index contributed by atoms with van der Waals surface area (Å²) in [5.41, 5.74) is 1.27.